The first-order chi connectivity index (χ1) is 16.8. The number of carbonyl (C=O) groups is 5. The molecule has 1 aromatic carbocycles. The molecule has 1 aromatic rings. The Hall–Kier alpha value is -3.71. The lowest BCUT2D eigenvalue weighted by Crippen LogP contribution is -2.61. The second-order valence-corrected chi connectivity index (χ2v) is 8.65. The summed E-state index contributed by atoms with van der Waals surface area (Å²) in [4.78, 5) is 60.9. The van der Waals surface area contributed by atoms with Crippen LogP contribution in [0.1, 0.15) is 39.2 Å². The van der Waals surface area contributed by atoms with Crippen molar-refractivity contribution in [3.8, 4) is 5.75 Å². The highest BCUT2D eigenvalue weighted by atomic mass is 16.4. The Balaban J connectivity index is 3.01. The normalized spacial score (nSPS) is 15.9. The van der Waals surface area contributed by atoms with Crippen LogP contribution in [0.3, 0.4) is 0 Å². The average molecular weight is 510 g/mol. The molecule has 0 aliphatic heterocycles. The number of aliphatic carboxylic acids is 1. The standard InChI is InChI=1S/C23H35N5O8/c1-4-11(2)18(21(33)26-16(23(35)36)9-13-5-7-14(30)8-6-13)27-22(34)19(12(3)29)28-20(32)15(24)10-17(25)31/h5-8,11-12,15-16,18-19,29-30H,4,9-10,24H2,1-3H3,(H2,25,31)(H,26,33)(H,27,34)(H,28,32)(H,35,36). The third-order valence-corrected chi connectivity index (χ3v) is 5.60. The summed E-state index contributed by atoms with van der Waals surface area (Å²) in [5, 5.41) is 36.2. The van der Waals surface area contributed by atoms with Gasteiger partial charge in [0.05, 0.1) is 18.6 Å². The van der Waals surface area contributed by atoms with Gasteiger partial charge in [-0.25, -0.2) is 4.79 Å². The SMILES string of the molecule is CCC(C)C(NC(=O)C(NC(=O)C(N)CC(N)=O)C(C)O)C(=O)NC(Cc1ccc(O)cc1)C(=O)O. The number of hydrogen-bond donors (Lipinski definition) is 8. The summed E-state index contributed by atoms with van der Waals surface area (Å²) in [6.07, 6.45) is -1.51. The Kier molecular flexibility index (Phi) is 11.8. The molecule has 4 amide bonds. The number of carbonyl (C=O) groups excluding carboxylic acids is 4. The molecular weight excluding hydrogens is 474 g/mol. The highest BCUT2D eigenvalue weighted by Gasteiger charge is 2.34. The van der Waals surface area contributed by atoms with E-state index in [1.807, 2.05) is 0 Å². The molecule has 0 aliphatic carbocycles. The molecule has 0 aliphatic rings. The van der Waals surface area contributed by atoms with Gasteiger partial charge in [-0.1, -0.05) is 32.4 Å². The zero-order valence-corrected chi connectivity index (χ0v) is 20.4. The Morgan fingerprint density at radius 1 is 0.917 bits per heavy atom. The second-order valence-electron chi connectivity index (χ2n) is 8.65. The molecule has 36 heavy (non-hydrogen) atoms. The number of nitrogens with two attached hydrogens (primary N) is 2. The van der Waals surface area contributed by atoms with Crippen LogP contribution in [-0.4, -0.2) is 75.2 Å². The number of hydrogen-bond acceptors (Lipinski definition) is 8. The zero-order valence-electron chi connectivity index (χ0n) is 20.4. The van der Waals surface area contributed by atoms with Gasteiger partial charge in [-0.15, -0.1) is 0 Å². The fraction of sp³-hybridized carbons (Fsp3) is 0.522. The molecule has 6 unspecified atom stereocenters. The molecule has 10 N–H and O–H groups in total. The van der Waals surface area contributed by atoms with E-state index < -0.39 is 72.2 Å². The van der Waals surface area contributed by atoms with Gasteiger partial charge in [-0.05, 0) is 30.5 Å². The Morgan fingerprint density at radius 3 is 1.92 bits per heavy atom. The van der Waals surface area contributed by atoms with Crippen LogP contribution in [0.2, 0.25) is 0 Å². The van der Waals surface area contributed by atoms with Crippen molar-refractivity contribution in [3.63, 3.8) is 0 Å². The predicted molar refractivity (Wildman–Crippen MR) is 128 cm³/mol. The van der Waals surface area contributed by atoms with Gasteiger partial charge in [0.2, 0.25) is 23.6 Å². The van der Waals surface area contributed by atoms with Crippen LogP contribution >= 0.6 is 0 Å². The fourth-order valence-electron chi connectivity index (χ4n) is 3.25. The number of primary amides is 1. The largest absolute Gasteiger partial charge is 0.508 e. The lowest BCUT2D eigenvalue weighted by atomic mass is 9.96. The molecule has 13 nitrogen and oxygen atoms in total. The van der Waals surface area contributed by atoms with Gasteiger partial charge in [0.1, 0.15) is 23.9 Å². The Morgan fingerprint density at radius 2 is 1.44 bits per heavy atom. The maximum atomic E-state index is 13.0. The Labute approximate surface area is 208 Å². The topological polar surface area (TPSA) is 234 Å². The van der Waals surface area contributed by atoms with Gasteiger partial charge in [-0.3, -0.25) is 19.2 Å². The van der Waals surface area contributed by atoms with Crippen LogP contribution in [0, 0.1) is 5.92 Å². The summed E-state index contributed by atoms with van der Waals surface area (Å²) in [6.45, 7) is 4.67. The number of amides is 4. The highest BCUT2D eigenvalue weighted by molar-refractivity contribution is 5.95. The number of aliphatic hydroxyl groups is 1. The summed E-state index contributed by atoms with van der Waals surface area (Å²) < 4.78 is 0. The van der Waals surface area contributed by atoms with E-state index in [-0.39, 0.29) is 12.2 Å². The molecular formula is C23H35N5O8. The maximum absolute atomic E-state index is 13.0. The first-order valence-electron chi connectivity index (χ1n) is 11.4. The number of aromatic hydroxyl groups is 1. The van der Waals surface area contributed by atoms with Crippen molar-refractivity contribution < 1.29 is 39.3 Å². The molecule has 1 rings (SSSR count). The van der Waals surface area contributed by atoms with Crippen molar-refractivity contribution in [2.45, 2.75) is 70.3 Å². The van der Waals surface area contributed by atoms with Crippen LogP contribution in [0.15, 0.2) is 24.3 Å². The second kappa shape index (κ2) is 14.0. The summed E-state index contributed by atoms with van der Waals surface area (Å²) in [7, 11) is 0. The molecule has 0 saturated carbocycles. The van der Waals surface area contributed by atoms with E-state index in [0.29, 0.717) is 12.0 Å². The van der Waals surface area contributed by atoms with E-state index in [1.54, 1.807) is 13.8 Å². The minimum absolute atomic E-state index is 0.00421. The first-order valence-corrected chi connectivity index (χ1v) is 11.4. The quantitative estimate of drug-likeness (QED) is 0.140. The smallest absolute Gasteiger partial charge is 0.326 e. The molecule has 0 saturated heterocycles. The first kappa shape index (κ1) is 30.3. The monoisotopic (exact) mass is 509 g/mol. The van der Waals surface area contributed by atoms with Crippen LogP contribution < -0.4 is 27.4 Å². The number of phenols is 1. The number of phenolic OH excluding ortho intramolecular Hbond substituents is 1. The van der Waals surface area contributed by atoms with Gasteiger partial charge in [0.25, 0.3) is 0 Å². The van der Waals surface area contributed by atoms with E-state index in [2.05, 4.69) is 16.0 Å². The van der Waals surface area contributed by atoms with Crippen molar-refractivity contribution >= 4 is 29.6 Å². The maximum Gasteiger partial charge on any atom is 0.326 e. The predicted octanol–water partition coefficient (Wildman–Crippen LogP) is -1.90. The summed E-state index contributed by atoms with van der Waals surface area (Å²) in [5.41, 5.74) is 11.2. The minimum atomic E-state index is -1.51. The minimum Gasteiger partial charge on any atom is -0.508 e. The van der Waals surface area contributed by atoms with Crippen LogP contribution in [0.4, 0.5) is 0 Å². The molecule has 0 bridgehead atoms. The van der Waals surface area contributed by atoms with Crippen molar-refractivity contribution in [1.29, 1.82) is 0 Å². The Bertz CT molecular complexity index is 937. The molecule has 0 fully saturated rings. The van der Waals surface area contributed by atoms with Crippen LogP contribution in [0.25, 0.3) is 0 Å². The number of carboxylic acids is 1. The van der Waals surface area contributed by atoms with E-state index in [4.69, 9.17) is 11.5 Å². The number of benzene rings is 1. The van der Waals surface area contributed by atoms with E-state index in [9.17, 15) is 39.3 Å². The van der Waals surface area contributed by atoms with Gasteiger partial charge in [0.15, 0.2) is 0 Å². The molecule has 0 heterocycles. The molecule has 0 radical (unpaired) electrons. The van der Waals surface area contributed by atoms with Gasteiger partial charge in [-0.2, -0.15) is 0 Å². The van der Waals surface area contributed by atoms with Gasteiger partial charge < -0.3 is 42.7 Å². The zero-order chi connectivity index (χ0) is 27.6. The third-order valence-electron chi connectivity index (χ3n) is 5.60. The van der Waals surface area contributed by atoms with Crippen molar-refractivity contribution in [2.24, 2.45) is 17.4 Å². The van der Waals surface area contributed by atoms with E-state index >= 15 is 0 Å². The highest BCUT2D eigenvalue weighted by Crippen LogP contribution is 2.13. The third kappa shape index (κ3) is 9.50. The number of aliphatic hydroxyl groups excluding tert-OH is 1. The summed E-state index contributed by atoms with van der Waals surface area (Å²) in [6, 6.07) is 0.431. The van der Waals surface area contributed by atoms with Crippen LogP contribution in [0.5, 0.6) is 5.75 Å². The lowest BCUT2D eigenvalue weighted by Gasteiger charge is -2.29. The summed E-state index contributed by atoms with van der Waals surface area (Å²) in [5.74, 6) is -5.16. The number of rotatable bonds is 14. The van der Waals surface area contributed by atoms with E-state index in [0.717, 1.165) is 0 Å². The number of nitrogens with one attached hydrogen (secondary N) is 3. The van der Waals surface area contributed by atoms with Gasteiger partial charge >= 0.3 is 5.97 Å². The molecule has 13 heteroatoms. The lowest BCUT2D eigenvalue weighted by molar-refractivity contribution is -0.142. The van der Waals surface area contributed by atoms with Crippen molar-refractivity contribution in [2.75, 3.05) is 0 Å². The molecule has 0 spiro atoms. The van der Waals surface area contributed by atoms with Crippen molar-refractivity contribution in [1.82, 2.24) is 16.0 Å². The average Bonchev–Trinajstić information content (AvgIpc) is 2.80. The molecule has 6 atom stereocenters. The van der Waals surface area contributed by atoms with Gasteiger partial charge in [0, 0.05) is 6.42 Å². The van der Waals surface area contributed by atoms with Crippen molar-refractivity contribution in [3.05, 3.63) is 29.8 Å². The molecule has 200 valence electrons. The number of carboxylic acid groups (broad SMARTS) is 1. The summed E-state index contributed by atoms with van der Waals surface area (Å²) >= 11 is 0. The molecule has 0 aromatic heterocycles. The fourth-order valence-corrected chi connectivity index (χ4v) is 3.25. The van der Waals surface area contributed by atoms with Crippen LogP contribution in [-0.2, 0) is 30.4 Å². The van der Waals surface area contributed by atoms with E-state index in [1.165, 1.54) is 31.2 Å².